The molecule has 1 unspecified atom stereocenters. The van der Waals surface area contributed by atoms with Gasteiger partial charge in [0.05, 0.1) is 20.3 Å². The molecule has 0 radical (unpaired) electrons. The van der Waals surface area contributed by atoms with E-state index in [9.17, 15) is 9.59 Å². The SMILES string of the molecule is COc1cc2c(cc1OC)C(COc1ccc3c(C)cc(=O)oc3c1)N(C(=O)c1ccc(Br)cc1)CC2. The van der Waals surface area contributed by atoms with Crippen molar-refractivity contribution in [1.82, 2.24) is 4.90 Å². The maximum Gasteiger partial charge on any atom is 0.336 e. The third-order valence-corrected chi connectivity index (χ3v) is 7.21. The Morgan fingerprint density at radius 2 is 1.76 bits per heavy atom. The molecule has 0 saturated heterocycles. The second kappa shape index (κ2) is 10.3. The number of fused-ring (bicyclic) bond motifs is 2. The van der Waals surface area contributed by atoms with E-state index in [1.165, 1.54) is 6.07 Å². The van der Waals surface area contributed by atoms with Gasteiger partial charge in [0.2, 0.25) is 0 Å². The minimum Gasteiger partial charge on any atom is -0.493 e. The molecule has 190 valence electrons. The molecule has 1 aliphatic rings. The van der Waals surface area contributed by atoms with Crippen LogP contribution in [-0.2, 0) is 6.42 Å². The van der Waals surface area contributed by atoms with Crippen molar-refractivity contribution < 1.29 is 23.4 Å². The monoisotopic (exact) mass is 563 g/mol. The molecule has 0 spiro atoms. The van der Waals surface area contributed by atoms with Crippen LogP contribution >= 0.6 is 15.9 Å². The maximum atomic E-state index is 13.6. The number of benzene rings is 3. The molecule has 0 aliphatic carbocycles. The van der Waals surface area contributed by atoms with E-state index in [-0.39, 0.29) is 18.6 Å². The fourth-order valence-corrected chi connectivity index (χ4v) is 5.04. The molecule has 3 aromatic carbocycles. The molecule has 0 saturated carbocycles. The summed E-state index contributed by atoms with van der Waals surface area (Å²) in [7, 11) is 3.20. The highest BCUT2D eigenvalue weighted by molar-refractivity contribution is 9.10. The normalized spacial score (nSPS) is 14.8. The summed E-state index contributed by atoms with van der Waals surface area (Å²) in [5.41, 5.74) is 3.51. The van der Waals surface area contributed by atoms with Gasteiger partial charge in [-0.05, 0) is 78.6 Å². The molecule has 4 aromatic rings. The van der Waals surface area contributed by atoms with Gasteiger partial charge in [0.1, 0.15) is 17.9 Å². The largest absolute Gasteiger partial charge is 0.493 e. The number of aryl methyl sites for hydroxylation is 1. The molecule has 1 aliphatic heterocycles. The lowest BCUT2D eigenvalue weighted by Crippen LogP contribution is -2.42. The van der Waals surface area contributed by atoms with Gasteiger partial charge < -0.3 is 23.5 Å². The summed E-state index contributed by atoms with van der Waals surface area (Å²) in [6.07, 6.45) is 0.675. The summed E-state index contributed by atoms with van der Waals surface area (Å²) in [6.45, 7) is 2.59. The fraction of sp³-hybridized carbons (Fsp3) is 0.241. The highest BCUT2D eigenvalue weighted by atomic mass is 79.9. The van der Waals surface area contributed by atoms with E-state index in [2.05, 4.69) is 15.9 Å². The molecule has 0 N–H and O–H groups in total. The zero-order chi connectivity index (χ0) is 26.1. The number of ether oxygens (including phenoxy) is 3. The fourth-order valence-electron chi connectivity index (χ4n) is 4.78. The van der Waals surface area contributed by atoms with E-state index in [1.807, 2.05) is 60.4 Å². The van der Waals surface area contributed by atoms with Crippen LogP contribution in [0.4, 0.5) is 0 Å². The van der Waals surface area contributed by atoms with Crippen molar-refractivity contribution in [1.29, 1.82) is 0 Å². The molecule has 0 bridgehead atoms. The zero-order valence-electron chi connectivity index (χ0n) is 20.7. The van der Waals surface area contributed by atoms with Gasteiger partial charge in [-0.1, -0.05) is 15.9 Å². The van der Waals surface area contributed by atoms with Gasteiger partial charge in [-0.15, -0.1) is 0 Å². The van der Waals surface area contributed by atoms with Crippen LogP contribution < -0.4 is 19.8 Å². The summed E-state index contributed by atoms with van der Waals surface area (Å²) in [5, 5.41) is 0.846. The van der Waals surface area contributed by atoms with Crippen molar-refractivity contribution in [3.63, 3.8) is 0 Å². The topological polar surface area (TPSA) is 78.2 Å². The molecule has 1 amide bonds. The lowest BCUT2D eigenvalue weighted by atomic mass is 9.91. The minimum atomic E-state index is -0.407. The highest BCUT2D eigenvalue weighted by Crippen LogP contribution is 2.39. The first-order valence-electron chi connectivity index (χ1n) is 11.9. The molecule has 7 nitrogen and oxygen atoms in total. The Labute approximate surface area is 222 Å². The van der Waals surface area contributed by atoms with Crippen molar-refractivity contribution >= 4 is 32.8 Å². The highest BCUT2D eigenvalue weighted by Gasteiger charge is 2.33. The van der Waals surface area contributed by atoms with Gasteiger partial charge in [-0.3, -0.25) is 4.79 Å². The Kier molecular flexibility index (Phi) is 6.93. The van der Waals surface area contributed by atoms with Crippen molar-refractivity contribution in [2.24, 2.45) is 0 Å². The maximum absolute atomic E-state index is 13.6. The van der Waals surface area contributed by atoms with E-state index in [1.54, 1.807) is 20.3 Å². The number of carbonyl (C=O) groups excluding carboxylic acids is 1. The predicted molar refractivity (Wildman–Crippen MR) is 144 cm³/mol. The molecule has 2 heterocycles. The average molecular weight is 564 g/mol. The lowest BCUT2D eigenvalue weighted by molar-refractivity contribution is 0.0589. The number of carbonyl (C=O) groups is 1. The quantitative estimate of drug-likeness (QED) is 0.280. The first-order valence-corrected chi connectivity index (χ1v) is 12.7. The van der Waals surface area contributed by atoms with Crippen molar-refractivity contribution in [3.05, 3.63) is 97.8 Å². The minimum absolute atomic E-state index is 0.0818. The number of amides is 1. The average Bonchev–Trinajstić information content (AvgIpc) is 2.90. The van der Waals surface area contributed by atoms with Crippen LogP contribution in [0.5, 0.6) is 17.2 Å². The van der Waals surface area contributed by atoms with E-state index in [0.717, 1.165) is 26.5 Å². The first kappa shape index (κ1) is 24.9. The Bertz CT molecular complexity index is 1530. The first-order chi connectivity index (χ1) is 17.9. The van der Waals surface area contributed by atoms with E-state index >= 15 is 0 Å². The molecule has 1 atom stereocenters. The van der Waals surface area contributed by atoms with Gasteiger partial charge >= 0.3 is 5.63 Å². The van der Waals surface area contributed by atoms with Crippen molar-refractivity contribution in [3.8, 4) is 17.2 Å². The standard InChI is InChI=1S/C29H26BrNO6/c1-17-12-28(32)37-25-14-21(8-9-22(17)25)36-16-24-23-15-27(35-3)26(34-2)13-19(23)10-11-31(24)29(33)18-4-6-20(30)7-5-18/h4-9,12-15,24H,10-11,16H2,1-3H3. The summed E-state index contributed by atoms with van der Waals surface area (Å²) in [5.74, 6) is 1.70. The smallest absolute Gasteiger partial charge is 0.336 e. The Morgan fingerprint density at radius 1 is 1.03 bits per heavy atom. The van der Waals surface area contributed by atoms with Gasteiger partial charge in [0, 0.05) is 34.1 Å². The van der Waals surface area contributed by atoms with Gasteiger partial charge in [0.25, 0.3) is 5.91 Å². The number of hydrogen-bond donors (Lipinski definition) is 0. The van der Waals surface area contributed by atoms with Gasteiger partial charge in [0.15, 0.2) is 11.5 Å². The molecule has 8 heteroatoms. The second-order valence-electron chi connectivity index (χ2n) is 8.89. The van der Waals surface area contributed by atoms with E-state index in [0.29, 0.717) is 41.4 Å². The third kappa shape index (κ3) is 4.93. The Hall–Kier alpha value is -3.78. The summed E-state index contributed by atoms with van der Waals surface area (Å²) >= 11 is 3.43. The van der Waals surface area contributed by atoms with E-state index < -0.39 is 5.63 Å². The van der Waals surface area contributed by atoms with Crippen LogP contribution in [0, 0.1) is 6.92 Å². The second-order valence-corrected chi connectivity index (χ2v) is 9.81. The van der Waals surface area contributed by atoms with Crippen LogP contribution in [0.3, 0.4) is 0 Å². The molecule has 5 rings (SSSR count). The Balaban J connectivity index is 1.51. The van der Waals surface area contributed by atoms with Gasteiger partial charge in [-0.25, -0.2) is 4.79 Å². The van der Waals surface area contributed by atoms with Crippen LogP contribution in [0.1, 0.15) is 33.1 Å². The molecule has 1 aromatic heterocycles. The Morgan fingerprint density at radius 3 is 2.49 bits per heavy atom. The number of rotatable bonds is 6. The van der Waals surface area contributed by atoms with Gasteiger partial charge in [-0.2, -0.15) is 0 Å². The predicted octanol–water partition coefficient (Wildman–Crippen LogP) is 5.70. The number of methoxy groups -OCH3 is 2. The van der Waals surface area contributed by atoms with Crippen LogP contribution in [0.15, 0.2) is 74.3 Å². The third-order valence-electron chi connectivity index (χ3n) is 6.69. The van der Waals surface area contributed by atoms with Crippen LogP contribution in [0.25, 0.3) is 11.0 Å². The molecular formula is C29H26BrNO6. The number of nitrogens with zero attached hydrogens (tertiary/aromatic N) is 1. The summed E-state index contributed by atoms with van der Waals surface area (Å²) in [4.78, 5) is 27.3. The summed E-state index contributed by atoms with van der Waals surface area (Å²) < 4.78 is 23.6. The summed E-state index contributed by atoms with van der Waals surface area (Å²) in [6, 6.07) is 17.7. The van der Waals surface area contributed by atoms with Crippen molar-refractivity contribution in [2.45, 2.75) is 19.4 Å². The number of halogens is 1. The van der Waals surface area contributed by atoms with E-state index in [4.69, 9.17) is 18.6 Å². The molecule has 37 heavy (non-hydrogen) atoms. The van der Waals surface area contributed by atoms with Crippen LogP contribution in [-0.4, -0.2) is 38.2 Å². The number of hydrogen-bond acceptors (Lipinski definition) is 6. The van der Waals surface area contributed by atoms with Crippen molar-refractivity contribution in [2.75, 3.05) is 27.4 Å². The lowest BCUT2D eigenvalue weighted by Gasteiger charge is -2.37. The zero-order valence-corrected chi connectivity index (χ0v) is 22.3. The molecule has 0 fully saturated rings. The molecular weight excluding hydrogens is 538 g/mol. The van der Waals surface area contributed by atoms with Crippen LogP contribution in [0.2, 0.25) is 0 Å².